The van der Waals surface area contributed by atoms with Crippen LogP contribution in [0.4, 0.5) is 4.39 Å². The minimum Gasteiger partial charge on any atom is -0.494 e. The molecule has 0 heterocycles. The summed E-state index contributed by atoms with van der Waals surface area (Å²) in [7, 11) is 3.00. The maximum atomic E-state index is 13.5. The summed E-state index contributed by atoms with van der Waals surface area (Å²) in [4.78, 5) is 0. The molecule has 16 heavy (non-hydrogen) atoms. The van der Waals surface area contributed by atoms with E-state index in [1.807, 2.05) is 6.92 Å². The molecule has 2 atom stereocenters. The van der Waals surface area contributed by atoms with Crippen molar-refractivity contribution < 1.29 is 13.9 Å². The summed E-state index contributed by atoms with van der Waals surface area (Å²) in [6.07, 6.45) is -0.155. The van der Waals surface area contributed by atoms with Crippen molar-refractivity contribution in [1.29, 1.82) is 0 Å². The maximum absolute atomic E-state index is 13.5. The average molecular weight is 228 g/mol. The van der Waals surface area contributed by atoms with E-state index >= 15 is 0 Å². The van der Waals surface area contributed by atoms with Crippen molar-refractivity contribution in [1.82, 2.24) is 5.43 Å². The lowest BCUT2D eigenvalue weighted by Gasteiger charge is -2.22. The molecule has 1 aromatic carbocycles. The molecule has 0 aliphatic heterocycles. The van der Waals surface area contributed by atoms with Crippen LogP contribution in [0, 0.1) is 5.82 Å². The first-order valence-corrected chi connectivity index (χ1v) is 4.96. The molecule has 1 aromatic rings. The molecule has 0 radical (unpaired) electrons. The molecule has 0 saturated heterocycles. The Bertz CT molecular complexity index is 347. The molecule has 0 aromatic heterocycles. The predicted molar refractivity (Wildman–Crippen MR) is 59.5 cm³/mol. The van der Waals surface area contributed by atoms with E-state index in [-0.39, 0.29) is 17.9 Å². The molecule has 0 aliphatic carbocycles. The largest absolute Gasteiger partial charge is 0.494 e. The fourth-order valence-electron chi connectivity index (χ4n) is 1.51. The number of nitrogens with one attached hydrogen (secondary N) is 1. The quantitative estimate of drug-likeness (QED) is 0.590. The number of hydrazine groups is 1. The van der Waals surface area contributed by atoms with E-state index in [1.165, 1.54) is 13.2 Å². The van der Waals surface area contributed by atoms with Gasteiger partial charge >= 0.3 is 0 Å². The Morgan fingerprint density at radius 3 is 2.50 bits per heavy atom. The minimum absolute atomic E-state index is 0.155. The van der Waals surface area contributed by atoms with Crippen molar-refractivity contribution in [3.63, 3.8) is 0 Å². The fourth-order valence-corrected chi connectivity index (χ4v) is 1.51. The smallest absolute Gasteiger partial charge is 0.165 e. The topological polar surface area (TPSA) is 56.5 Å². The molecule has 90 valence electrons. The molecule has 0 amide bonds. The van der Waals surface area contributed by atoms with Crippen LogP contribution in [0.25, 0.3) is 0 Å². The van der Waals surface area contributed by atoms with Gasteiger partial charge in [0.2, 0.25) is 0 Å². The SMILES string of the molecule is COc1ccc(C(NN)C(C)OC)cc1F. The molecule has 2 unspecified atom stereocenters. The molecule has 4 nitrogen and oxygen atoms in total. The lowest BCUT2D eigenvalue weighted by Crippen LogP contribution is -2.36. The molecule has 3 N–H and O–H groups in total. The summed E-state index contributed by atoms with van der Waals surface area (Å²) >= 11 is 0. The Balaban J connectivity index is 2.98. The summed E-state index contributed by atoms with van der Waals surface area (Å²) in [6, 6.07) is 4.45. The lowest BCUT2D eigenvalue weighted by atomic mass is 10.0. The zero-order valence-electron chi connectivity index (χ0n) is 9.66. The lowest BCUT2D eigenvalue weighted by molar-refractivity contribution is 0.0829. The van der Waals surface area contributed by atoms with Crippen molar-refractivity contribution in [3.05, 3.63) is 29.6 Å². The Morgan fingerprint density at radius 2 is 2.06 bits per heavy atom. The standard InChI is InChI=1S/C11H17FN2O2/c1-7(15-2)11(14-13)8-4-5-10(16-3)9(12)6-8/h4-7,11,14H,13H2,1-3H3. The van der Waals surface area contributed by atoms with Gasteiger partial charge in [0.15, 0.2) is 11.6 Å². The highest BCUT2D eigenvalue weighted by Crippen LogP contribution is 2.24. The van der Waals surface area contributed by atoms with Crippen LogP contribution in [-0.4, -0.2) is 20.3 Å². The van der Waals surface area contributed by atoms with E-state index in [0.717, 1.165) is 5.56 Å². The number of benzene rings is 1. The van der Waals surface area contributed by atoms with Crippen LogP contribution in [0.15, 0.2) is 18.2 Å². The van der Waals surface area contributed by atoms with Gasteiger partial charge in [-0.25, -0.2) is 4.39 Å². The fraction of sp³-hybridized carbons (Fsp3) is 0.455. The third-order valence-corrected chi connectivity index (χ3v) is 2.56. The van der Waals surface area contributed by atoms with Gasteiger partial charge in [-0.05, 0) is 24.6 Å². The Labute approximate surface area is 94.5 Å². The normalized spacial score (nSPS) is 14.6. The zero-order chi connectivity index (χ0) is 12.1. The molecule has 0 bridgehead atoms. The maximum Gasteiger partial charge on any atom is 0.165 e. The summed E-state index contributed by atoms with van der Waals surface area (Å²) < 4.78 is 23.5. The van der Waals surface area contributed by atoms with E-state index in [4.69, 9.17) is 15.3 Å². The molecular weight excluding hydrogens is 211 g/mol. The van der Waals surface area contributed by atoms with E-state index in [0.29, 0.717) is 0 Å². The van der Waals surface area contributed by atoms with Crippen LogP contribution < -0.4 is 16.0 Å². The van der Waals surface area contributed by atoms with Crippen LogP contribution in [-0.2, 0) is 4.74 Å². The van der Waals surface area contributed by atoms with Crippen LogP contribution >= 0.6 is 0 Å². The molecule has 0 fully saturated rings. The van der Waals surface area contributed by atoms with Gasteiger partial charge in [0, 0.05) is 7.11 Å². The molecule has 5 heteroatoms. The molecule has 0 saturated carbocycles. The number of ether oxygens (including phenoxy) is 2. The van der Waals surface area contributed by atoms with Gasteiger partial charge in [0.1, 0.15) is 0 Å². The van der Waals surface area contributed by atoms with E-state index in [1.54, 1.807) is 19.2 Å². The third-order valence-electron chi connectivity index (χ3n) is 2.56. The number of halogens is 1. The van der Waals surface area contributed by atoms with Gasteiger partial charge in [0.25, 0.3) is 0 Å². The number of hydrogen-bond acceptors (Lipinski definition) is 4. The third kappa shape index (κ3) is 2.69. The summed E-state index contributed by atoms with van der Waals surface area (Å²) in [6.45, 7) is 1.85. The second-order valence-corrected chi connectivity index (χ2v) is 3.48. The van der Waals surface area contributed by atoms with Crippen molar-refractivity contribution in [3.8, 4) is 5.75 Å². The van der Waals surface area contributed by atoms with E-state index in [9.17, 15) is 4.39 Å². The molecule has 1 rings (SSSR count). The van der Waals surface area contributed by atoms with Crippen molar-refractivity contribution in [2.45, 2.75) is 19.1 Å². The van der Waals surface area contributed by atoms with Crippen molar-refractivity contribution in [2.24, 2.45) is 5.84 Å². The Hall–Kier alpha value is -1.17. The molecule has 0 spiro atoms. The molecular formula is C11H17FN2O2. The number of rotatable bonds is 5. The first-order valence-electron chi connectivity index (χ1n) is 4.96. The van der Waals surface area contributed by atoms with Crippen LogP contribution in [0.1, 0.15) is 18.5 Å². The van der Waals surface area contributed by atoms with Crippen molar-refractivity contribution in [2.75, 3.05) is 14.2 Å². The summed E-state index contributed by atoms with van der Waals surface area (Å²) in [5.41, 5.74) is 3.32. The van der Waals surface area contributed by atoms with Crippen LogP contribution in [0.2, 0.25) is 0 Å². The van der Waals surface area contributed by atoms with Gasteiger partial charge in [0.05, 0.1) is 19.3 Å². The van der Waals surface area contributed by atoms with E-state index in [2.05, 4.69) is 5.43 Å². The zero-order valence-corrected chi connectivity index (χ0v) is 9.66. The highest BCUT2D eigenvalue weighted by Gasteiger charge is 2.18. The van der Waals surface area contributed by atoms with Crippen LogP contribution in [0.5, 0.6) is 5.75 Å². The first kappa shape index (κ1) is 12.9. The number of methoxy groups -OCH3 is 2. The number of hydrogen-bond donors (Lipinski definition) is 2. The average Bonchev–Trinajstić information content (AvgIpc) is 2.30. The van der Waals surface area contributed by atoms with Gasteiger partial charge in [-0.15, -0.1) is 0 Å². The van der Waals surface area contributed by atoms with Gasteiger partial charge < -0.3 is 9.47 Å². The summed E-state index contributed by atoms with van der Waals surface area (Å²) in [5, 5.41) is 0. The molecule has 0 aliphatic rings. The van der Waals surface area contributed by atoms with Crippen molar-refractivity contribution >= 4 is 0 Å². The van der Waals surface area contributed by atoms with Gasteiger partial charge in [-0.2, -0.15) is 0 Å². The second kappa shape index (κ2) is 5.79. The van der Waals surface area contributed by atoms with Crippen LogP contribution in [0.3, 0.4) is 0 Å². The monoisotopic (exact) mass is 228 g/mol. The summed E-state index contributed by atoms with van der Waals surface area (Å²) in [5.74, 6) is 5.22. The highest BCUT2D eigenvalue weighted by molar-refractivity contribution is 5.31. The number of nitrogens with two attached hydrogens (primary N) is 1. The van der Waals surface area contributed by atoms with E-state index < -0.39 is 5.82 Å². The second-order valence-electron chi connectivity index (χ2n) is 3.48. The van der Waals surface area contributed by atoms with Gasteiger partial charge in [-0.1, -0.05) is 6.07 Å². The van der Waals surface area contributed by atoms with Gasteiger partial charge in [-0.3, -0.25) is 11.3 Å². The highest BCUT2D eigenvalue weighted by atomic mass is 19.1. The first-order chi connectivity index (χ1) is 7.63. The Morgan fingerprint density at radius 1 is 1.38 bits per heavy atom. The predicted octanol–water partition coefficient (Wildman–Crippen LogP) is 1.37. The Kier molecular flexibility index (Phi) is 4.67. The minimum atomic E-state index is -0.413.